The van der Waals surface area contributed by atoms with Crippen LogP contribution in [0.25, 0.3) is 16.9 Å². The van der Waals surface area contributed by atoms with Gasteiger partial charge in [-0.15, -0.1) is 0 Å². The molecule has 0 bridgehead atoms. The number of carbonyl (C=O) groups is 1. The minimum atomic E-state index is -0.309. The van der Waals surface area contributed by atoms with E-state index >= 15 is 0 Å². The summed E-state index contributed by atoms with van der Waals surface area (Å²) in [5.41, 5.74) is 4.22. The lowest BCUT2D eigenvalue weighted by molar-refractivity contribution is 0.102. The molecule has 28 heavy (non-hydrogen) atoms. The highest BCUT2D eigenvalue weighted by molar-refractivity contribution is 7.08. The van der Waals surface area contributed by atoms with Crippen molar-refractivity contribution < 1.29 is 14.3 Å². The van der Waals surface area contributed by atoms with Crippen LogP contribution in [0.5, 0.6) is 11.5 Å². The van der Waals surface area contributed by atoms with E-state index in [-0.39, 0.29) is 5.91 Å². The number of aromatic nitrogens is 3. The number of nitrogens with zero attached hydrogens (tertiary/aromatic N) is 3. The largest absolute Gasteiger partial charge is 0.493 e. The van der Waals surface area contributed by atoms with E-state index in [0.29, 0.717) is 28.5 Å². The lowest BCUT2D eigenvalue weighted by Crippen LogP contribution is -2.15. The maximum absolute atomic E-state index is 12.7. The van der Waals surface area contributed by atoms with E-state index in [0.717, 1.165) is 17.0 Å². The van der Waals surface area contributed by atoms with Crippen LogP contribution in [0.15, 0.2) is 47.2 Å². The summed E-state index contributed by atoms with van der Waals surface area (Å²) in [6.45, 7) is 1.90. The van der Waals surface area contributed by atoms with Gasteiger partial charge in [0.05, 0.1) is 19.9 Å². The Labute approximate surface area is 165 Å². The first kappa shape index (κ1) is 18.0. The number of amides is 1. The summed E-state index contributed by atoms with van der Waals surface area (Å²) in [7, 11) is 3.11. The Morgan fingerprint density at radius 2 is 1.93 bits per heavy atom. The molecule has 0 saturated heterocycles. The molecular weight excluding hydrogens is 376 g/mol. The summed E-state index contributed by atoms with van der Waals surface area (Å²) >= 11 is 1.61. The maximum atomic E-state index is 12.7. The normalized spacial score (nSPS) is 10.8. The second-order valence-corrected chi connectivity index (χ2v) is 6.90. The number of anilines is 1. The van der Waals surface area contributed by atoms with Crippen molar-refractivity contribution in [1.29, 1.82) is 0 Å². The Balaban J connectivity index is 1.64. The van der Waals surface area contributed by atoms with Gasteiger partial charge in [-0.25, -0.2) is 9.50 Å². The zero-order valence-electron chi connectivity index (χ0n) is 15.6. The van der Waals surface area contributed by atoms with Gasteiger partial charge < -0.3 is 14.8 Å². The number of carbonyl (C=O) groups excluding carboxylic acids is 1. The molecule has 3 aromatic heterocycles. The molecule has 0 saturated carbocycles. The molecule has 0 aliphatic carbocycles. The van der Waals surface area contributed by atoms with Gasteiger partial charge in [0.25, 0.3) is 5.91 Å². The van der Waals surface area contributed by atoms with E-state index in [1.54, 1.807) is 54.3 Å². The summed E-state index contributed by atoms with van der Waals surface area (Å²) < 4.78 is 12.2. The standard InChI is InChI=1S/C20H18N4O3S/c1-12-8-16(20(25)21-14-4-5-17(26-2)18(9-14)27-3)22-19-10-15(23-24(12)19)13-6-7-28-11-13/h4-11H,1-3H3,(H,21,25). The fraction of sp³-hybridized carbons (Fsp3) is 0.150. The average molecular weight is 394 g/mol. The molecule has 7 nitrogen and oxygen atoms in total. The van der Waals surface area contributed by atoms with E-state index in [9.17, 15) is 4.79 Å². The minimum absolute atomic E-state index is 0.309. The summed E-state index contributed by atoms with van der Waals surface area (Å²) in [4.78, 5) is 17.2. The first-order chi connectivity index (χ1) is 13.6. The van der Waals surface area contributed by atoms with Gasteiger partial charge in [0.1, 0.15) is 5.69 Å². The van der Waals surface area contributed by atoms with Gasteiger partial charge in [-0.1, -0.05) is 0 Å². The number of rotatable bonds is 5. The molecule has 142 valence electrons. The minimum Gasteiger partial charge on any atom is -0.493 e. The number of hydrogen-bond acceptors (Lipinski definition) is 6. The van der Waals surface area contributed by atoms with Crippen LogP contribution in [-0.4, -0.2) is 34.7 Å². The molecular formula is C20H18N4O3S. The second kappa shape index (κ2) is 7.32. The monoisotopic (exact) mass is 394 g/mol. The topological polar surface area (TPSA) is 77.8 Å². The molecule has 0 unspecified atom stereocenters. The first-order valence-electron chi connectivity index (χ1n) is 8.52. The fourth-order valence-electron chi connectivity index (χ4n) is 2.90. The number of fused-ring (bicyclic) bond motifs is 1. The van der Waals surface area contributed by atoms with Crippen LogP contribution >= 0.6 is 11.3 Å². The van der Waals surface area contributed by atoms with Gasteiger partial charge in [-0.2, -0.15) is 16.4 Å². The Morgan fingerprint density at radius 3 is 2.64 bits per heavy atom. The lowest BCUT2D eigenvalue weighted by Gasteiger charge is -2.10. The molecule has 0 aliphatic rings. The van der Waals surface area contributed by atoms with Crippen LogP contribution in [0.2, 0.25) is 0 Å². The predicted octanol–water partition coefficient (Wildman–Crippen LogP) is 4.04. The number of nitrogens with one attached hydrogen (secondary N) is 1. The van der Waals surface area contributed by atoms with Crippen molar-refractivity contribution in [2.45, 2.75) is 6.92 Å². The van der Waals surface area contributed by atoms with Crippen LogP contribution in [0.4, 0.5) is 5.69 Å². The quantitative estimate of drug-likeness (QED) is 0.553. The highest BCUT2D eigenvalue weighted by Gasteiger charge is 2.15. The Morgan fingerprint density at radius 1 is 1.11 bits per heavy atom. The number of methoxy groups -OCH3 is 2. The Hall–Kier alpha value is -3.39. The van der Waals surface area contributed by atoms with E-state index in [4.69, 9.17) is 9.47 Å². The molecule has 1 N–H and O–H groups in total. The SMILES string of the molecule is COc1ccc(NC(=O)c2cc(C)n3nc(-c4ccsc4)cc3n2)cc1OC. The number of hydrogen-bond donors (Lipinski definition) is 1. The molecule has 1 aromatic carbocycles. The number of ether oxygens (including phenoxy) is 2. The lowest BCUT2D eigenvalue weighted by atomic mass is 10.2. The zero-order chi connectivity index (χ0) is 19.7. The smallest absolute Gasteiger partial charge is 0.274 e. The third kappa shape index (κ3) is 3.29. The second-order valence-electron chi connectivity index (χ2n) is 6.12. The van der Waals surface area contributed by atoms with Crippen molar-refractivity contribution >= 4 is 28.6 Å². The van der Waals surface area contributed by atoms with Gasteiger partial charge in [0.15, 0.2) is 17.1 Å². The highest BCUT2D eigenvalue weighted by Crippen LogP contribution is 2.30. The first-order valence-corrected chi connectivity index (χ1v) is 9.46. The summed E-state index contributed by atoms with van der Waals surface area (Å²) in [5.74, 6) is 0.822. The average Bonchev–Trinajstić information content (AvgIpc) is 3.37. The summed E-state index contributed by atoms with van der Waals surface area (Å²) in [6.07, 6.45) is 0. The van der Waals surface area contributed by atoms with Crippen LogP contribution in [-0.2, 0) is 0 Å². The van der Waals surface area contributed by atoms with Gasteiger partial charge in [-0.05, 0) is 36.6 Å². The molecule has 0 radical (unpaired) electrons. The van der Waals surface area contributed by atoms with Crippen LogP contribution in [0.1, 0.15) is 16.2 Å². The van der Waals surface area contributed by atoms with Crippen LogP contribution in [0, 0.1) is 6.92 Å². The molecule has 0 aliphatic heterocycles. The van der Waals surface area contributed by atoms with Gasteiger partial charge in [-0.3, -0.25) is 4.79 Å². The fourth-order valence-corrected chi connectivity index (χ4v) is 3.55. The molecule has 4 aromatic rings. The molecule has 0 atom stereocenters. The maximum Gasteiger partial charge on any atom is 0.274 e. The van der Waals surface area contributed by atoms with E-state index < -0.39 is 0 Å². The number of aryl methyl sites for hydroxylation is 1. The van der Waals surface area contributed by atoms with Crippen molar-refractivity contribution in [2.75, 3.05) is 19.5 Å². The molecule has 0 spiro atoms. The third-order valence-electron chi connectivity index (χ3n) is 4.30. The Kier molecular flexibility index (Phi) is 4.70. The van der Waals surface area contributed by atoms with Gasteiger partial charge >= 0.3 is 0 Å². The van der Waals surface area contributed by atoms with Crippen molar-refractivity contribution in [1.82, 2.24) is 14.6 Å². The van der Waals surface area contributed by atoms with E-state index in [1.165, 1.54) is 0 Å². The van der Waals surface area contributed by atoms with Crippen molar-refractivity contribution in [3.63, 3.8) is 0 Å². The molecule has 8 heteroatoms. The van der Waals surface area contributed by atoms with E-state index in [1.807, 2.05) is 29.8 Å². The van der Waals surface area contributed by atoms with Crippen LogP contribution < -0.4 is 14.8 Å². The zero-order valence-corrected chi connectivity index (χ0v) is 16.4. The van der Waals surface area contributed by atoms with Crippen molar-refractivity contribution in [2.24, 2.45) is 0 Å². The van der Waals surface area contributed by atoms with Crippen molar-refractivity contribution in [3.8, 4) is 22.8 Å². The summed E-state index contributed by atoms with van der Waals surface area (Å²) in [5, 5.41) is 11.5. The number of thiophene rings is 1. The third-order valence-corrected chi connectivity index (χ3v) is 4.98. The van der Waals surface area contributed by atoms with Gasteiger partial charge in [0.2, 0.25) is 0 Å². The molecule has 4 rings (SSSR count). The Bertz CT molecular complexity index is 1150. The highest BCUT2D eigenvalue weighted by atomic mass is 32.1. The number of benzene rings is 1. The van der Waals surface area contributed by atoms with Gasteiger partial charge in [0, 0.05) is 34.5 Å². The molecule has 3 heterocycles. The predicted molar refractivity (Wildman–Crippen MR) is 109 cm³/mol. The van der Waals surface area contributed by atoms with Crippen LogP contribution in [0.3, 0.4) is 0 Å². The molecule has 1 amide bonds. The molecule has 0 fully saturated rings. The summed E-state index contributed by atoms with van der Waals surface area (Å²) in [6, 6.07) is 10.8. The van der Waals surface area contributed by atoms with Crippen molar-refractivity contribution in [3.05, 3.63) is 58.5 Å². The van der Waals surface area contributed by atoms with E-state index in [2.05, 4.69) is 15.4 Å².